The molecule has 0 aromatic heterocycles. The number of carbonyl (C=O) groups excluding carboxylic acids is 2. The van der Waals surface area contributed by atoms with E-state index in [4.69, 9.17) is 0 Å². The molecule has 2 unspecified atom stereocenters. The number of carbonyl (C=O) groups is 2. The van der Waals surface area contributed by atoms with E-state index in [2.05, 4.69) is 10.9 Å². The summed E-state index contributed by atoms with van der Waals surface area (Å²) in [5.74, 6) is -0.429. The number of rotatable bonds is 2. The van der Waals surface area contributed by atoms with Crippen LogP contribution in [0.4, 0.5) is 0 Å². The van der Waals surface area contributed by atoms with E-state index in [1.54, 1.807) is 12.1 Å². The van der Waals surface area contributed by atoms with Gasteiger partial charge in [0.2, 0.25) is 5.91 Å². The molecule has 2 atom stereocenters. The van der Waals surface area contributed by atoms with Crippen molar-refractivity contribution < 1.29 is 14.7 Å². The van der Waals surface area contributed by atoms with Crippen molar-refractivity contribution in [2.75, 3.05) is 0 Å². The highest BCUT2D eigenvalue weighted by molar-refractivity contribution is 5.98. The molecule has 0 radical (unpaired) electrons. The zero-order valence-corrected chi connectivity index (χ0v) is 9.43. The van der Waals surface area contributed by atoms with Gasteiger partial charge in [-0.1, -0.05) is 19.1 Å². The van der Waals surface area contributed by atoms with Crippen LogP contribution in [0.5, 0.6) is 5.75 Å². The topological polar surface area (TPSA) is 78.4 Å². The zero-order chi connectivity index (χ0) is 12.4. The molecule has 1 aromatic rings. The van der Waals surface area contributed by atoms with Crippen molar-refractivity contribution in [1.82, 2.24) is 10.9 Å². The summed E-state index contributed by atoms with van der Waals surface area (Å²) in [6.45, 7) is 1.98. The Kier molecular flexibility index (Phi) is 2.99. The molecule has 1 saturated carbocycles. The predicted molar refractivity (Wildman–Crippen MR) is 61.0 cm³/mol. The lowest BCUT2D eigenvalue weighted by Gasteiger charge is -2.07. The fraction of sp³-hybridized carbons (Fsp3) is 0.333. The quantitative estimate of drug-likeness (QED) is 0.662. The van der Waals surface area contributed by atoms with Crippen molar-refractivity contribution in [2.24, 2.45) is 11.8 Å². The van der Waals surface area contributed by atoms with Crippen LogP contribution in [0.3, 0.4) is 0 Å². The molecule has 2 amide bonds. The van der Waals surface area contributed by atoms with Gasteiger partial charge in [-0.3, -0.25) is 20.4 Å². The maximum absolute atomic E-state index is 11.6. The van der Waals surface area contributed by atoms with Crippen molar-refractivity contribution in [3.05, 3.63) is 29.8 Å². The van der Waals surface area contributed by atoms with E-state index >= 15 is 0 Å². The van der Waals surface area contributed by atoms with Gasteiger partial charge < -0.3 is 5.11 Å². The molecule has 17 heavy (non-hydrogen) atoms. The van der Waals surface area contributed by atoms with Crippen LogP contribution < -0.4 is 10.9 Å². The van der Waals surface area contributed by atoms with Crippen LogP contribution in [0.2, 0.25) is 0 Å². The average molecular weight is 234 g/mol. The Morgan fingerprint density at radius 1 is 1.29 bits per heavy atom. The summed E-state index contributed by atoms with van der Waals surface area (Å²) in [5, 5.41) is 9.44. The lowest BCUT2D eigenvalue weighted by atomic mass is 10.2. The second-order valence-corrected chi connectivity index (χ2v) is 4.28. The van der Waals surface area contributed by atoms with Gasteiger partial charge in [0.15, 0.2) is 0 Å². The van der Waals surface area contributed by atoms with Crippen LogP contribution in [0.25, 0.3) is 0 Å². The fourth-order valence-electron chi connectivity index (χ4n) is 1.63. The van der Waals surface area contributed by atoms with E-state index in [0.717, 1.165) is 6.42 Å². The van der Waals surface area contributed by atoms with E-state index in [1.165, 1.54) is 12.1 Å². The monoisotopic (exact) mass is 234 g/mol. The fourth-order valence-corrected chi connectivity index (χ4v) is 1.63. The molecule has 0 saturated heterocycles. The van der Waals surface area contributed by atoms with Gasteiger partial charge in [0.25, 0.3) is 5.91 Å². The Hall–Kier alpha value is -2.04. The molecular formula is C12H14N2O3. The molecule has 0 heterocycles. The summed E-state index contributed by atoms with van der Waals surface area (Å²) in [4.78, 5) is 23.1. The first-order valence-corrected chi connectivity index (χ1v) is 5.48. The number of phenolic OH excluding ortho intramolecular Hbond substituents is 1. The zero-order valence-electron chi connectivity index (χ0n) is 9.43. The van der Waals surface area contributed by atoms with Gasteiger partial charge in [-0.2, -0.15) is 0 Å². The summed E-state index contributed by atoms with van der Waals surface area (Å²) in [6, 6.07) is 6.16. The van der Waals surface area contributed by atoms with E-state index < -0.39 is 5.91 Å². The first kappa shape index (κ1) is 11.4. The molecule has 5 heteroatoms. The molecule has 0 aliphatic heterocycles. The van der Waals surface area contributed by atoms with Gasteiger partial charge in [-0.15, -0.1) is 0 Å². The number of para-hydroxylation sites is 1. The Bertz CT molecular complexity index is 459. The lowest BCUT2D eigenvalue weighted by Crippen LogP contribution is -2.42. The van der Waals surface area contributed by atoms with Crippen LogP contribution in [-0.2, 0) is 4.79 Å². The normalized spacial score (nSPS) is 21.7. The molecule has 0 spiro atoms. The van der Waals surface area contributed by atoms with E-state index in [0.29, 0.717) is 5.92 Å². The number of benzene rings is 1. The molecule has 1 aliphatic rings. The van der Waals surface area contributed by atoms with Gasteiger partial charge >= 0.3 is 0 Å². The van der Waals surface area contributed by atoms with Gasteiger partial charge in [-0.25, -0.2) is 0 Å². The van der Waals surface area contributed by atoms with E-state index in [-0.39, 0.29) is 23.1 Å². The van der Waals surface area contributed by atoms with Crippen LogP contribution in [-0.4, -0.2) is 16.9 Å². The second-order valence-electron chi connectivity index (χ2n) is 4.28. The number of hydrazine groups is 1. The van der Waals surface area contributed by atoms with Crippen LogP contribution in [0, 0.1) is 11.8 Å². The minimum Gasteiger partial charge on any atom is -0.507 e. The third kappa shape index (κ3) is 2.55. The molecule has 90 valence electrons. The summed E-state index contributed by atoms with van der Waals surface area (Å²) < 4.78 is 0. The average Bonchev–Trinajstić information content (AvgIpc) is 3.03. The highest BCUT2D eigenvalue weighted by Crippen LogP contribution is 2.37. The van der Waals surface area contributed by atoms with Crippen LogP contribution in [0.1, 0.15) is 23.7 Å². The van der Waals surface area contributed by atoms with E-state index in [9.17, 15) is 14.7 Å². The van der Waals surface area contributed by atoms with Gasteiger partial charge in [0.1, 0.15) is 5.75 Å². The first-order valence-electron chi connectivity index (χ1n) is 5.48. The number of hydrogen-bond donors (Lipinski definition) is 3. The minimum absolute atomic E-state index is 0.000305. The van der Waals surface area contributed by atoms with Crippen LogP contribution in [0.15, 0.2) is 24.3 Å². The van der Waals surface area contributed by atoms with Crippen molar-refractivity contribution >= 4 is 11.8 Å². The smallest absolute Gasteiger partial charge is 0.273 e. The summed E-state index contributed by atoms with van der Waals surface area (Å²) >= 11 is 0. The van der Waals surface area contributed by atoms with Crippen molar-refractivity contribution in [3.8, 4) is 5.75 Å². The molecule has 0 bridgehead atoms. The maximum Gasteiger partial charge on any atom is 0.273 e. The number of nitrogens with one attached hydrogen (secondary N) is 2. The highest BCUT2D eigenvalue weighted by Gasteiger charge is 2.39. The van der Waals surface area contributed by atoms with Crippen molar-refractivity contribution in [1.29, 1.82) is 0 Å². The van der Waals surface area contributed by atoms with Crippen molar-refractivity contribution in [2.45, 2.75) is 13.3 Å². The lowest BCUT2D eigenvalue weighted by molar-refractivity contribution is -0.123. The molecule has 1 aliphatic carbocycles. The Morgan fingerprint density at radius 3 is 2.53 bits per heavy atom. The number of aromatic hydroxyl groups is 1. The van der Waals surface area contributed by atoms with Gasteiger partial charge in [0.05, 0.1) is 5.56 Å². The summed E-state index contributed by atoms with van der Waals surface area (Å²) in [7, 11) is 0. The standard InChI is InChI=1S/C12H14N2O3/c1-7-6-9(7)12(17)14-13-11(16)8-4-2-3-5-10(8)15/h2-5,7,9,15H,6H2,1H3,(H,13,16)(H,14,17). The molecule has 1 aromatic carbocycles. The number of amides is 2. The first-order chi connectivity index (χ1) is 8.09. The number of phenols is 1. The SMILES string of the molecule is CC1CC1C(=O)NNC(=O)c1ccccc1O. The Morgan fingerprint density at radius 2 is 1.94 bits per heavy atom. The Balaban J connectivity index is 1.89. The maximum atomic E-state index is 11.6. The Labute approximate surface area is 98.8 Å². The molecule has 1 fully saturated rings. The third-order valence-electron chi connectivity index (χ3n) is 2.89. The second kappa shape index (κ2) is 4.45. The molecule has 3 N–H and O–H groups in total. The van der Waals surface area contributed by atoms with Crippen LogP contribution >= 0.6 is 0 Å². The van der Waals surface area contributed by atoms with Gasteiger partial charge in [0, 0.05) is 5.92 Å². The summed E-state index contributed by atoms with van der Waals surface area (Å²) in [6.07, 6.45) is 0.859. The van der Waals surface area contributed by atoms with Gasteiger partial charge in [-0.05, 0) is 24.5 Å². The minimum atomic E-state index is -0.523. The summed E-state index contributed by atoms with van der Waals surface area (Å²) in [5.41, 5.74) is 4.77. The third-order valence-corrected chi connectivity index (χ3v) is 2.89. The molecular weight excluding hydrogens is 220 g/mol. The predicted octanol–water partition coefficient (Wildman–Crippen LogP) is 0.809. The number of hydrogen-bond acceptors (Lipinski definition) is 3. The molecule has 5 nitrogen and oxygen atoms in total. The highest BCUT2D eigenvalue weighted by atomic mass is 16.3. The molecule has 2 rings (SSSR count). The van der Waals surface area contributed by atoms with Crippen molar-refractivity contribution in [3.63, 3.8) is 0 Å². The van der Waals surface area contributed by atoms with E-state index in [1.807, 2.05) is 6.92 Å². The largest absolute Gasteiger partial charge is 0.507 e.